The molecule has 1 aliphatic heterocycles. The summed E-state index contributed by atoms with van der Waals surface area (Å²) in [5.41, 5.74) is 2.93. The standard InChI is InChI=1S/C24H24FN3O3S/c1-18-22(12-13-23(26-18)19-6-3-2-4-7-19)24(29)27-14-5-15-28(17-16-27)32(30,31)21-10-8-20(25)9-11-21/h2-4,6-13H,5,14-17H2,1H3. The van der Waals surface area contributed by atoms with E-state index in [1.165, 1.54) is 16.4 Å². The minimum Gasteiger partial charge on any atom is -0.337 e. The Balaban J connectivity index is 1.49. The van der Waals surface area contributed by atoms with Crippen molar-refractivity contribution in [1.82, 2.24) is 14.2 Å². The summed E-state index contributed by atoms with van der Waals surface area (Å²) in [5, 5.41) is 0. The molecule has 0 unspecified atom stereocenters. The van der Waals surface area contributed by atoms with E-state index >= 15 is 0 Å². The Kier molecular flexibility index (Phi) is 6.34. The number of pyridine rings is 1. The molecule has 2 heterocycles. The normalized spacial score (nSPS) is 15.4. The highest BCUT2D eigenvalue weighted by Gasteiger charge is 2.29. The van der Waals surface area contributed by atoms with Crippen LogP contribution in [0.3, 0.4) is 0 Å². The Morgan fingerprint density at radius 2 is 1.62 bits per heavy atom. The van der Waals surface area contributed by atoms with E-state index in [1.54, 1.807) is 11.0 Å². The Bertz CT molecular complexity index is 1210. The summed E-state index contributed by atoms with van der Waals surface area (Å²) in [4.78, 5) is 19.5. The molecule has 0 aliphatic carbocycles. The second-order valence-electron chi connectivity index (χ2n) is 7.70. The number of hydrogen-bond donors (Lipinski definition) is 0. The minimum atomic E-state index is -3.74. The summed E-state index contributed by atoms with van der Waals surface area (Å²) in [6.07, 6.45) is 0.515. The van der Waals surface area contributed by atoms with Crippen LogP contribution in [0.4, 0.5) is 4.39 Å². The first-order chi connectivity index (χ1) is 15.4. The van der Waals surface area contributed by atoms with Gasteiger partial charge in [-0.3, -0.25) is 9.78 Å². The van der Waals surface area contributed by atoms with Crippen LogP contribution >= 0.6 is 0 Å². The fourth-order valence-corrected chi connectivity index (χ4v) is 5.29. The van der Waals surface area contributed by atoms with Crippen LogP contribution in [0.2, 0.25) is 0 Å². The van der Waals surface area contributed by atoms with Crippen LogP contribution < -0.4 is 0 Å². The van der Waals surface area contributed by atoms with E-state index in [0.29, 0.717) is 30.8 Å². The molecule has 8 heteroatoms. The van der Waals surface area contributed by atoms with Crippen LogP contribution in [0.5, 0.6) is 0 Å². The van der Waals surface area contributed by atoms with Crippen LogP contribution in [-0.2, 0) is 10.0 Å². The van der Waals surface area contributed by atoms with Crippen molar-refractivity contribution >= 4 is 15.9 Å². The topological polar surface area (TPSA) is 70.6 Å². The van der Waals surface area contributed by atoms with E-state index in [1.807, 2.05) is 43.3 Å². The Morgan fingerprint density at radius 3 is 2.31 bits per heavy atom. The molecule has 1 saturated heterocycles. The number of amides is 1. The molecule has 166 valence electrons. The smallest absolute Gasteiger partial charge is 0.255 e. The molecule has 1 aliphatic rings. The number of carbonyl (C=O) groups is 1. The number of carbonyl (C=O) groups excluding carboxylic acids is 1. The Morgan fingerprint density at radius 1 is 0.906 bits per heavy atom. The number of benzene rings is 2. The van der Waals surface area contributed by atoms with Gasteiger partial charge in [0.1, 0.15) is 5.82 Å². The molecular weight excluding hydrogens is 429 g/mol. The van der Waals surface area contributed by atoms with E-state index in [0.717, 1.165) is 23.4 Å². The van der Waals surface area contributed by atoms with E-state index in [9.17, 15) is 17.6 Å². The van der Waals surface area contributed by atoms with Crippen molar-refractivity contribution in [1.29, 1.82) is 0 Å². The minimum absolute atomic E-state index is 0.0511. The Labute approximate surface area is 187 Å². The average Bonchev–Trinajstić information content (AvgIpc) is 3.06. The quantitative estimate of drug-likeness (QED) is 0.604. The molecule has 0 bridgehead atoms. The predicted octanol–water partition coefficient (Wildman–Crippen LogP) is 3.73. The van der Waals surface area contributed by atoms with Gasteiger partial charge in [-0.15, -0.1) is 0 Å². The lowest BCUT2D eigenvalue weighted by Crippen LogP contribution is -2.37. The van der Waals surface area contributed by atoms with Gasteiger partial charge in [0, 0.05) is 31.7 Å². The average molecular weight is 454 g/mol. The molecule has 0 atom stereocenters. The van der Waals surface area contributed by atoms with Crippen LogP contribution in [-0.4, -0.2) is 54.7 Å². The molecule has 32 heavy (non-hydrogen) atoms. The van der Waals surface area contributed by atoms with Gasteiger partial charge in [0.25, 0.3) is 5.91 Å². The first kappa shape index (κ1) is 22.1. The summed E-state index contributed by atoms with van der Waals surface area (Å²) >= 11 is 0. The van der Waals surface area contributed by atoms with E-state index < -0.39 is 15.8 Å². The maximum Gasteiger partial charge on any atom is 0.255 e. The highest BCUT2D eigenvalue weighted by molar-refractivity contribution is 7.89. The van der Waals surface area contributed by atoms with Gasteiger partial charge in [-0.1, -0.05) is 30.3 Å². The third-order valence-electron chi connectivity index (χ3n) is 5.58. The second kappa shape index (κ2) is 9.18. The molecule has 0 saturated carbocycles. The lowest BCUT2D eigenvalue weighted by Gasteiger charge is -2.22. The monoisotopic (exact) mass is 453 g/mol. The highest BCUT2D eigenvalue weighted by atomic mass is 32.2. The maximum absolute atomic E-state index is 13.2. The molecule has 3 aromatic rings. The van der Waals surface area contributed by atoms with E-state index in [2.05, 4.69) is 4.98 Å². The molecule has 0 radical (unpaired) electrons. The van der Waals surface area contributed by atoms with Crippen LogP contribution in [0, 0.1) is 12.7 Å². The lowest BCUT2D eigenvalue weighted by molar-refractivity contribution is 0.0763. The first-order valence-corrected chi connectivity index (χ1v) is 11.9. The summed E-state index contributed by atoms with van der Waals surface area (Å²) in [5.74, 6) is -0.644. The van der Waals surface area contributed by atoms with Gasteiger partial charge in [0.15, 0.2) is 0 Å². The number of rotatable bonds is 4. The first-order valence-electron chi connectivity index (χ1n) is 10.4. The molecule has 4 rings (SSSR count). The molecular formula is C24H24FN3O3S. The van der Waals surface area contributed by atoms with Gasteiger partial charge in [-0.2, -0.15) is 4.31 Å². The van der Waals surface area contributed by atoms with Crippen molar-refractivity contribution < 1.29 is 17.6 Å². The van der Waals surface area contributed by atoms with Crippen molar-refractivity contribution in [2.75, 3.05) is 26.2 Å². The molecule has 1 fully saturated rings. The molecule has 2 aromatic carbocycles. The van der Waals surface area contributed by atoms with Gasteiger partial charge < -0.3 is 4.90 Å². The molecule has 1 amide bonds. The summed E-state index contributed by atoms with van der Waals surface area (Å²) in [7, 11) is -3.74. The number of halogens is 1. The van der Waals surface area contributed by atoms with Gasteiger partial charge in [-0.25, -0.2) is 12.8 Å². The van der Waals surface area contributed by atoms with Gasteiger partial charge in [0.2, 0.25) is 10.0 Å². The molecule has 6 nitrogen and oxygen atoms in total. The highest BCUT2D eigenvalue weighted by Crippen LogP contribution is 2.22. The summed E-state index contributed by atoms with van der Waals surface area (Å²) < 4.78 is 40.4. The van der Waals surface area contributed by atoms with Crippen molar-refractivity contribution in [3.8, 4) is 11.3 Å². The number of aromatic nitrogens is 1. The number of nitrogens with zero attached hydrogens (tertiary/aromatic N) is 3. The third-order valence-corrected chi connectivity index (χ3v) is 7.49. The fraction of sp³-hybridized carbons (Fsp3) is 0.250. The lowest BCUT2D eigenvalue weighted by atomic mass is 10.1. The van der Waals surface area contributed by atoms with Crippen molar-refractivity contribution in [3.05, 3.63) is 83.8 Å². The van der Waals surface area contributed by atoms with Crippen molar-refractivity contribution in [2.24, 2.45) is 0 Å². The zero-order valence-electron chi connectivity index (χ0n) is 17.7. The summed E-state index contributed by atoms with van der Waals surface area (Å²) in [6, 6.07) is 18.2. The fourth-order valence-electron chi connectivity index (χ4n) is 3.82. The summed E-state index contributed by atoms with van der Waals surface area (Å²) in [6.45, 7) is 3.02. The second-order valence-corrected chi connectivity index (χ2v) is 9.64. The van der Waals surface area contributed by atoms with E-state index in [-0.39, 0.29) is 23.9 Å². The van der Waals surface area contributed by atoms with Crippen LogP contribution in [0.15, 0.2) is 71.6 Å². The Hall–Kier alpha value is -3.10. The maximum atomic E-state index is 13.2. The van der Waals surface area contributed by atoms with E-state index in [4.69, 9.17) is 0 Å². The third kappa shape index (κ3) is 4.56. The molecule has 0 N–H and O–H groups in total. The molecule has 1 aromatic heterocycles. The van der Waals surface area contributed by atoms with Gasteiger partial charge >= 0.3 is 0 Å². The number of hydrogen-bond acceptors (Lipinski definition) is 4. The van der Waals surface area contributed by atoms with Gasteiger partial charge in [0.05, 0.1) is 21.8 Å². The molecule has 0 spiro atoms. The largest absolute Gasteiger partial charge is 0.337 e. The predicted molar refractivity (Wildman–Crippen MR) is 120 cm³/mol. The number of sulfonamides is 1. The van der Waals surface area contributed by atoms with Crippen molar-refractivity contribution in [3.63, 3.8) is 0 Å². The SMILES string of the molecule is Cc1nc(-c2ccccc2)ccc1C(=O)N1CCCN(S(=O)(=O)c2ccc(F)cc2)CC1. The zero-order valence-corrected chi connectivity index (χ0v) is 18.6. The van der Waals surface area contributed by atoms with Crippen LogP contribution in [0.25, 0.3) is 11.3 Å². The van der Waals surface area contributed by atoms with Crippen LogP contribution in [0.1, 0.15) is 22.5 Å². The zero-order chi connectivity index (χ0) is 22.7. The number of aryl methyl sites for hydroxylation is 1. The van der Waals surface area contributed by atoms with Gasteiger partial charge in [-0.05, 0) is 49.7 Å². The van der Waals surface area contributed by atoms with Crippen molar-refractivity contribution in [2.45, 2.75) is 18.2 Å².